The Balaban J connectivity index is 2.09. The lowest BCUT2D eigenvalue weighted by atomic mass is 9.76. The second-order valence-corrected chi connectivity index (χ2v) is 6.48. The summed E-state index contributed by atoms with van der Waals surface area (Å²) < 4.78 is 0.930. The molecule has 0 saturated heterocycles. The van der Waals surface area contributed by atoms with E-state index in [4.69, 9.17) is 5.73 Å². The number of hydrogen-bond donors (Lipinski definition) is 2. The fourth-order valence-electron chi connectivity index (χ4n) is 2.65. The third kappa shape index (κ3) is 3.34. The zero-order valence-corrected chi connectivity index (χ0v) is 13.0. The Bertz CT molecular complexity index is 492. The maximum atomic E-state index is 12.3. The lowest BCUT2D eigenvalue weighted by Crippen LogP contribution is -2.53. The summed E-state index contributed by atoms with van der Waals surface area (Å²) in [5.41, 5.74) is 6.55. The molecule has 3 N–H and O–H groups in total. The number of carbonyl (C=O) groups excluding carboxylic acids is 1. The molecular formula is C14H20BrN3O. The van der Waals surface area contributed by atoms with Crippen LogP contribution in [-0.4, -0.2) is 16.4 Å². The molecule has 2 rings (SSSR count). The van der Waals surface area contributed by atoms with Gasteiger partial charge in [-0.3, -0.25) is 4.79 Å². The van der Waals surface area contributed by atoms with Crippen LogP contribution in [-0.2, 0) is 4.79 Å². The van der Waals surface area contributed by atoms with Crippen LogP contribution in [0.15, 0.2) is 16.7 Å². The van der Waals surface area contributed by atoms with Crippen molar-refractivity contribution in [3.63, 3.8) is 0 Å². The SMILES string of the molecule is Cc1cc(NC(=O)C2(N)CCCC(C)C2)ncc1Br. The zero-order chi connectivity index (χ0) is 14.0. The maximum Gasteiger partial charge on any atom is 0.245 e. The van der Waals surface area contributed by atoms with Crippen LogP contribution >= 0.6 is 15.9 Å². The summed E-state index contributed by atoms with van der Waals surface area (Å²) in [7, 11) is 0. The molecule has 5 heteroatoms. The highest BCUT2D eigenvalue weighted by atomic mass is 79.9. The first-order chi connectivity index (χ1) is 8.90. The summed E-state index contributed by atoms with van der Waals surface area (Å²) in [6, 6.07) is 1.84. The highest BCUT2D eigenvalue weighted by molar-refractivity contribution is 9.10. The first-order valence-corrected chi connectivity index (χ1v) is 7.42. The molecule has 1 fully saturated rings. The molecule has 0 aromatic carbocycles. The molecule has 4 nitrogen and oxygen atoms in total. The third-order valence-electron chi connectivity index (χ3n) is 3.77. The number of nitrogens with two attached hydrogens (primary N) is 1. The molecule has 1 aliphatic carbocycles. The van der Waals surface area contributed by atoms with Gasteiger partial charge in [0.25, 0.3) is 0 Å². The monoisotopic (exact) mass is 325 g/mol. The second-order valence-electron chi connectivity index (χ2n) is 5.63. The van der Waals surface area contributed by atoms with E-state index < -0.39 is 5.54 Å². The Hall–Kier alpha value is -0.940. The average molecular weight is 326 g/mol. The summed E-state index contributed by atoms with van der Waals surface area (Å²) >= 11 is 3.39. The number of aryl methyl sites for hydroxylation is 1. The Morgan fingerprint density at radius 2 is 2.37 bits per heavy atom. The highest BCUT2D eigenvalue weighted by Gasteiger charge is 2.38. The summed E-state index contributed by atoms with van der Waals surface area (Å²) in [6.07, 6.45) is 5.35. The third-order valence-corrected chi connectivity index (χ3v) is 4.60. The second kappa shape index (κ2) is 5.59. The van der Waals surface area contributed by atoms with E-state index in [1.807, 2.05) is 13.0 Å². The van der Waals surface area contributed by atoms with Gasteiger partial charge in [-0.25, -0.2) is 4.98 Å². The standard InChI is InChI=1S/C14H20BrN3O/c1-9-4-3-5-14(16,7-9)13(19)18-12-6-10(2)11(15)8-17-12/h6,8-9H,3-5,7,16H2,1-2H3,(H,17,18,19). The number of halogens is 1. The Labute approximate surface area is 122 Å². The molecule has 0 aliphatic heterocycles. The van der Waals surface area contributed by atoms with Gasteiger partial charge in [-0.1, -0.05) is 19.8 Å². The van der Waals surface area contributed by atoms with E-state index in [0.717, 1.165) is 35.7 Å². The summed E-state index contributed by atoms with van der Waals surface area (Å²) in [5, 5.41) is 2.84. The first-order valence-electron chi connectivity index (χ1n) is 6.63. The molecule has 0 radical (unpaired) electrons. The summed E-state index contributed by atoms with van der Waals surface area (Å²) in [6.45, 7) is 4.11. The molecule has 1 aliphatic rings. The number of carbonyl (C=O) groups is 1. The molecule has 0 bridgehead atoms. The van der Waals surface area contributed by atoms with Gasteiger partial charge in [-0.2, -0.15) is 0 Å². The van der Waals surface area contributed by atoms with Gasteiger partial charge in [-0.15, -0.1) is 0 Å². The number of hydrogen-bond acceptors (Lipinski definition) is 3. The van der Waals surface area contributed by atoms with Crippen LogP contribution in [0.25, 0.3) is 0 Å². The van der Waals surface area contributed by atoms with Gasteiger partial charge in [0.05, 0.1) is 5.54 Å². The molecule has 2 unspecified atom stereocenters. The molecule has 1 aromatic heterocycles. The van der Waals surface area contributed by atoms with Crippen LogP contribution in [0.3, 0.4) is 0 Å². The number of nitrogens with one attached hydrogen (secondary N) is 1. The molecule has 1 heterocycles. The van der Waals surface area contributed by atoms with Gasteiger partial charge in [0, 0.05) is 10.7 Å². The fourth-order valence-corrected chi connectivity index (χ4v) is 2.86. The van der Waals surface area contributed by atoms with Crippen molar-refractivity contribution < 1.29 is 4.79 Å². The summed E-state index contributed by atoms with van der Waals surface area (Å²) in [4.78, 5) is 16.5. The minimum Gasteiger partial charge on any atom is -0.317 e. The minimum atomic E-state index is -0.750. The quantitative estimate of drug-likeness (QED) is 0.878. The smallest absolute Gasteiger partial charge is 0.245 e. The van der Waals surface area contributed by atoms with E-state index in [1.165, 1.54) is 0 Å². The zero-order valence-electron chi connectivity index (χ0n) is 11.4. The van der Waals surface area contributed by atoms with Crippen molar-refractivity contribution in [1.82, 2.24) is 4.98 Å². The maximum absolute atomic E-state index is 12.3. The number of nitrogens with zero attached hydrogens (tertiary/aromatic N) is 1. The van der Waals surface area contributed by atoms with Crippen LogP contribution in [0.1, 0.15) is 38.2 Å². The van der Waals surface area contributed by atoms with Gasteiger partial charge in [-0.05, 0) is 53.2 Å². The van der Waals surface area contributed by atoms with E-state index in [-0.39, 0.29) is 5.91 Å². The van der Waals surface area contributed by atoms with Gasteiger partial charge in [0.2, 0.25) is 5.91 Å². The molecular weight excluding hydrogens is 306 g/mol. The van der Waals surface area contributed by atoms with Crippen molar-refractivity contribution in [2.45, 2.75) is 45.1 Å². The van der Waals surface area contributed by atoms with E-state index in [2.05, 4.69) is 33.2 Å². The molecule has 19 heavy (non-hydrogen) atoms. The molecule has 104 valence electrons. The lowest BCUT2D eigenvalue weighted by molar-refractivity contribution is -0.122. The highest BCUT2D eigenvalue weighted by Crippen LogP contribution is 2.31. The fraction of sp³-hybridized carbons (Fsp3) is 0.571. The van der Waals surface area contributed by atoms with Gasteiger partial charge < -0.3 is 11.1 Å². The first kappa shape index (κ1) is 14.5. The molecule has 1 amide bonds. The summed E-state index contributed by atoms with van der Waals surface area (Å²) in [5.74, 6) is 0.950. The van der Waals surface area contributed by atoms with Gasteiger partial charge in [0.1, 0.15) is 5.82 Å². The van der Waals surface area contributed by atoms with Crippen molar-refractivity contribution in [3.05, 3.63) is 22.3 Å². The topological polar surface area (TPSA) is 68.0 Å². The number of amides is 1. The Kier molecular flexibility index (Phi) is 4.26. The van der Waals surface area contributed by atoms with Gasteiger partial charge in [0.15, 0.2) is 0 Å². The average Bonchev–Trinajstić information content (AvgIpc) is 2.33. The largest absolute Gasteiger partial charge is 0.317 e. The molecule has 1 aromatic rings. The molecule has 2 atom stereocenters. The lowest BCUT2D eigenvalue weighted by Gasteiger charge is -2.35. The van der Waals surface area contributed by atoms with Crippen LogP contribution in [0.4, 0.5) is 5.82 Å². The molecule has 0 spiro atoms. The number of pyridine rings is 1. The van der Waals surface area contributed by atoms with E-state index in [9.17, 15) is 4.79 Å². The van der Waals surface area contributed by atoms with Crippen molar-refractivity contribution in [1.29, 1.82) is 0 Å². The van der Waals surface area contributed by atoms with Crippen molar-refractivity contribution >= 4 is 27.7 Å². The van der Waals surface area contributed by atoms with Crippen molar-refractivity contribution in [2.24, 2.45) is 11.7 Å². The Morgan fingerprint density at radius 1 is 1.63 bits per heavy atom. The minimum absolute atomic E-state index is 0.117. The van der Waals surface area contributed by atoms with Crippen LogP contribution in [0.5, 0.6) is 0 Å². The van der Waals surface area contributed by atoms with Crippen molar-refractivity contribution in [2.75, 3.05) is 5.32 Å². The normalized spacial score (nSPS) is 27.1. The van der Waals surface area contributed by atoms with Crippen LogP contribution < -0.4 is 11.1 Å². The predicted octanol–water partition coefficient (Wildman–Crippen LogP) is 3.00. The van der Waals surface area contributed by atoms with Crippen LogP contribution in [0.2, 0.25) is 0 Å². The Morgan fingerprint density at radius 3 is 3.00 bits per heavy atom. The number of anilines is 1. The molecule has 1 saturated carbocycles. The predicted molar refractivity (Wildman–Crippen MR) is 79.9 cm³/mol. The number of rotatable bonds is 2. The number of aromatic nitrogens is 1. The van der Waals surface area contributed by atoms with E-state index in [1.54, 1.807) is 6.20 Å². The van der Waals surface area contributed by atoms with Crippen molar-refractivity contribution in [3.8, 4) is 0 Å². The van der Waals surface area contributed by atoms with Gasteiger partial charge >= 0.3 is 0 Å². The van der Waals surface area contributed by atoms with Crippen LogP contribution in [0, 0.1) is 12.8 Å². The van der Waals surface area contributed by atoms with E-state index >= 15 is 0 Å². The van der Waals surface area contributed by atoms with E-state index in [0.29, 0.717) is 11.7 Å².